The number of aliphatic hydroxyl groups excluding tert-OH is 1. The first-order valence-corrected chi connectivity index (χ1v) is 12.2. The molecule has 7 heteroatoms. The zero-order valence-electron chi connectivity index (χ0n) is 21.5. The van der Waals surface area contributed by atoms with Gasteiger partial charge >= 0.3 is 0 Å². The average molecular weight is 502 g/mol. The van der Waals surface area contributed by atoms with Crippen LogP contribution in [0, 0.1) is 6.92 Å². The SMILES string of the molecule is CCOc1ccc(/C(O)=C2/C(=O)C(=O)N(CCc3ccc(OC)cc3)C2c2cccc(OC)c2)cc1C. The van der Waals surface area contributed by atoms with Crippen LogP contribution in [0.15, 0.2) is 72.3 Å². The van der Waals surface area contributed by atoms with Crippen molar-refractivity contribution in [1.82, 2.24) is 4.90 Å². The molecule has 0 aromatic heterocycles. The molecule has 0 radical (unpaired) electrons. The second-order valence-corrected chi connectivity index (χ2v) is 8.78. The highest BCUT2D eigenvalue weighted by Gasteiger charge is 2.46. The van der Waals surface area contributed by atoms with Crippen molar-refractivity contribution >= 4 is 17.4 Å². The van der Waals surface area contributed by atoms with Gasteiger partial charge in [0, 0.05) is 12.1 Å². The number of ether oxygens (including phenoxy) is 3. The molecule has 1 aliphatic heterocycles. The molecule has 192 valence electrons. The Hall–Kier alpha value is -4.26. The molecule has 37 heavy (non-hydrogen) atoms. The number of likely N-dealkylation sites (tertiary alicyclic amines) is 1. The molecule has 1 atom stereocenters. The number of aliphatic hydroxyl groups is 1. The summed E-state index contributed by atoms with van der Waals surface area (Å²) in [5.74, 6) is 0.450. The van der Waals surface area contributed by atoms with Crippen LogP contribution in [0.25, 0.3) is 5.76 Å². The molecule has 1 fully saturated rings. The van der Waals surface area contributed by atoms with Crippen molar-refractivity contribution in [2.45, 2.75) is 26.3 Å². The molecule has 0 aliphatic carbocycles. The van der Waals surface area contributed by atoms with E-state index in [0.717, 1.165) is 16.9 Å². The number of amides is 1. The van der Waals surface area contributed by atoms with Gasteiger partial charge in [-0.15, -0.1) is 0 Å². The van der Waals surface area contributed by atoms with Gasteiger partial charge in [0.25, 0.3) is 11.7 Å². The number of rotatable bonds is 9. The largest absolute Gasteiger partial charge is 0.507 e. The standard InChI is InChI=1S/C30H31NO6/c1-5-37-25-14-11-22(17-19(25)2)28(32)26-27(21-7-6-8-24(18-21)36-4)31(30(34)29(26)33)16-15-20-9-12-23(35-3)13-10-20/h6-14,17-18,27,32H,5,15-16H2,1-4H3/b28-26-. The van der Waals surface area contributed by atoms with Crippen molar-refractivity contribution < 1.29 is 28.9 Å². The molecule has 3 aromatic carbocycles. The van der Waals surface area contributed by atoms with Crippen LogP contribution in [0.5, 0.6) is 17.2 Å². The van der Waals surface area contributed by atoms with Crippen molar-refractivity contribution in [1.29, 1.82) is 0 Å². The molecule has 1 amide bonds. The maximum absolute atomic E-state index is 13.3. The molecule has 1 heterocycles. The van der Waals surface area contributed by atoms with E-state index in [1.165, 1.54) is 4.90 Å². The first kappa shape index (κ1) is 25.8. The minimum absolute atomic E-state index is 0.0524. The fraction of sp³-hybridized carbons (Fsp3) is 0.267. The Morgan fingerprint density at radius 1 is 0.946 bits per heavy atom. The summed E-state index contributed by atoms with van der Waals surface area (Å²) >= 11 is 0. The molecule has 1 saturated heterocycles. The molecule has 0 spiro atoms. The highest BCUT2D eigenvalue weighted by Crippen LogP contribution is 2.40. The Labute approximate surface area is 216 Å². The van der Waals surface area contributed by atoms with Gasteiger partial charge in [-0.05, 0) is 79.4 Å². The van der Waals surface area contributed by atoms with Gasteiger partial charge in [-0.25, -0.2) is 0 Å². The fourth-order valence-corrected chi connectivity index (χ4v) is 4.58. The topological polar surface area (TPSA) is 85.3 Å². The molecule has 1 unspecified atom stereocenters. The lowest BCUT2D eigenvalue weighted by molar-refractivity contribution is -0.139. The first-order chi connectivity index (χ1) is 17.9. The number of hydrogen-bond donors (Lipinski definition) is 1. The van der Waals surface area contributed by atoms with E-state index < -0.39 is 17.7 Å². The van der Waals surface area contributed by atoms with Crippen LogP contribution < -0.4 is 14.2 Å². The summed E-state index contributed by atoms with van der Waals surface area (Å²) in [6.07, 6.45) is 0.527. The van der Waals surface area contributed by atoms with Crippen LogP contribution in [0.4, 0.5) is 0 Å². The van der Waals surface area contributed by atoms with Crippen LogP contribution >= 0.6 is 0 Å². The van der Waals surface area contributed by atoms with Gasteiger partial charge < -0.3 is 24.2 Å². The summed E-state index contributed by atoms with van der Waals surface area (Å²) in [6.45, 7) is 4.57. The lowest BCUT2D eigenvalue weighted by atomic mass is 9.94. The number of carbonyl (C=O) groups is 2. The van der Waals surface area contributed by atoms with Crippen molar-refractivity contribution in [3.8, 4) is 17.2 Å². The third-order valence-electron chi connectivity index (χ3n) is 6.50. The molecule has 0 saturated carbocycles. The number of carbonyl (C=O) groups excluding carboxylic acids is 2. The van der Waals surface area contributed by atoms with Crippen molar-refractivity contribution in [3.63, 3.8) is 0 Å². The quantitative estimate of drug-likeness (QED) is 0.250. The highest BCUT2D eigenvalue weighted by atomic mass is 16.5. The lowest BCUT2D eigenvalue weighted by Gasteiger charge is -2.26. The summed E-state index contributed by atoms with van der Waals surface area (Å²) in [5, 5.41) is 11.4. The number of hydrogen-bond acceptors (Lipinski definition) is 6. The van der Waals surface area contributed by atoms with Gasteiger partial charge in [0.1, 0.15) is 23.0 Å². The molecule has 7 nitrogen and oxygen atoms in total. The van der Waals surface area contributed by atoms with Crippen molar-refractivity contribution in [2.75, 3.05) is 27.4 Å². The third-order valence-corrected chi connectivity index (χ3v) is 6.50. The number of benzene rings is 3. The zero-order chi connectivity index (χ0) is 26.5. The monoisotopic (exact) mass is 501 g/mol. The zero-order valence-corrected chi connectivity index (χ0v) is 21.5. The molecular formula is C30H31NO6. The Bertz CT molecular complexity index is 1330. The van der Waals surface area contributed by atoms with Crippen LogP contribution in [-0.2, 0) is 16.0 Å². The molecule has 4 rings (SSSR count). The predicted octanol–water partition coefficient (Wildman–Crippen LogP) is 5.08. The maximum atomic E-state index is 13.3. The van der Waals surface area contributed by atoms with E-state index in [-0.39, 0.29) is 17.9 Å². The van der Waals surface area contributed by atoms with Gasteiger partial charge in [-0.2, -0.15) is 0 Å². The summed E-state index contributed by atoms with van der Waals surface area (Å²) in [6, 6.07) is 19.2. The van der Waals surface area contributed by atoms with E-state index in [9.17, 15) is 14.7 Å². The first-order valence-electron chi connectivity index (χ1n) is 12.2. The minimum atomic E-state index is -0.764. The smallest absolute Gasteiger partial charge is 0.295 e. The number of methoxy groups -OCH3 is 2. The van der Waals surface area contributed by atoms with E-state index >= 15 is 0 Å². The number of Topliss-reactive ketones (excluding diaryl/α,β-unsaturated/α-hetero) is 1. The van der Waals surface area contributed by atoms with E-state index in [4.69, 9.17) is 14.2 Å². The molecule has 1 N–H and O–H groups in total. The van der Waals surface area contributed by atoms with Crippen LogP contribution in [0.2, 0.25) is 0 Å². The Balaban J connectivity index is 1.76. The summed E-state index contributed by atoms with van der Waals surface area (Å²) in [4.78, 5) is 28.1. The molecule has 3 aromatic rings. The minimum Gasteiger partial charge on any atom is -0.507 e. The Morgan fingerprint density at radius 2 is 1.68 bits per heavy atom. The fourth-order valence-electron chi connectivity index (χ4n) is 4.58. The van der Waals surface area contributed by atoms with Gasteiger partial charge in [-0.1, -0.05) is 24.3 Å². The Kier molecular flexibility index (Phi) is 7.82. The average Bonchev–Trinajstić information content (AvgIpc) is 3.18. The third kappa shape index (κ3) is 5.31. The van der Waals surface area contributed by atoms with E-state index in [1.807, 2.05) is 44.2 Å². The maximum Gasteiger partial charge on any atom is 0.295 e. The predicted molar refractivity (Wildman–Crippen MR) is 141 cm³/mol. The highest BCUT2D eigenvalue weighted by molar-refractivity contribution is 6.46. The number of ketones is 1. The summed E-state index contributed by atoms with van der Waals surface area (Å²) < 4.78 is 16.2. The van der Waals surface area contributed by atoms with Gasteiger partial charge in [0.15, 0.2) is 0 Å². The van der Waals surface area contributed by atoms with Crippen molar-refractivity contribution in [3.05, 3.63) is 94.6 Å². The van der Waals surface area contributed by atoms with E-state index in [2.05, 4.69) is 0 Å². The summed E-state index contributed by atoms with van der Waals surface area (Å²) in [7, 11) is 3.16. The number of nitrogens with zero attached hydrogens (tertiary/aromatic N) is 1. The second kappa shape index (κ2) is 11.2. The molecule has 1 aliphatic rings. The van der Waals surface area contributed by atoms with E-state index in [0.29, 0.717) is 35.7 Å². The molecule has 0 bridgehead atoms. The van der Waals surface area contributed by atoms with Crippen LogP contribution in [0.3, 0.4) is 0 Å². The van der Waals surface area contributed by atoms with Crippen LogP contribution in [-0.4, -0.2) is 49.1 Å². The van der Waals surface area contributed by atoms with Gasteiger partial charge in [-0.3, -0.25) is 9.59 Å². The lowest BCUT2D eigenvalue weighted by Crippen LogP contribution is -2.31. The summed E-state index contributed by atoms with van der Waals surface area (Å²) in [5.41, 5.74) is 2.99. The Morgan fingerprint density at radius 3 is 2.32 bits per heavy atom. The van der Waals surface area contributed by atoms with Gasteiger partial charge in [0.05, 0.1) is 32.4 Å². The van der Waals surface area contributed by atoms with Gasteiger partial charge in [0.2, 0.25) is 0 Å². The second-order valence-electron chi connectivity index (χ2n) is 8.78. The molecular weight excluding hydrogens is 470 g/mol. The normalized spacial score (nSPS) is 16.6. The van der Waals surface area contributed by atoms with E-state index in [1.54, 1.807) is 50.6 Å². The van der Waals surface area contributed by atoms with Crippen molar-refractivity contribution in [2.24, 2.45) is 0 Å². The van der Waals surface area contributed by atoms with Crippen LogP contribution in [0.1, 0.15) is 35.2 Å². The number of aryl methyl sites for hydroxylation is 1.